The Hall–Kier alpha value is -3.29. The number of carboxylic acids is 1. The molecule has 2 heterocycles. The number of halogens is 1. The Morgan fingerprint density at radius 1 is 1.12 bits per heavy atom. The predicted octanol–water partition coefficient (Wildman–Crippen LogP) is 4.65. The van der Waals surface area contributed by atoms with Crippen LogP contribution in [0, 0.1) is 5.92 Å². The molecule has 1 fully saturated rings. The maximum Gasteiger partial charge on any atom is 0.306 e. The van der Waals surface area contributed by atoms with Crippen LogP contribution in [-0.2, 0) is 9.53 Å². The summed E-state index contributed by atoms with van der Waals surface area (Å²) >= 11 is 6.21. The van der Waals surface area contributed by atoms with Gasteiger partial charge in [-0.25, -0.2) is 0 Å². The molecular formula is C24H20ClNO6. The molecule has 0 bridgehead atoms. The predicted molar refractivity (Wildman–Crippen MR) is 120 cm³/mol. The molecule has 5 rings (SSSR count). The smallest absolute Gasteiger partial charge is 0.306 e. The first-order chi connectivity index (χ1) is 15.5. The third kappa shape index (κ3) is 3.97. The number of para-hydroxylation sites is 1. The first-order valence-corrected chi connectivity index (χ1v) is 10.7. The zero-order chi connectivity index (χ0) is 22.2. The highest BCUT2D eigenvalue weighted by atomic mass is 35.5. The molecule has 2 aromatic carbocycles. The van der Waals surface area contributed by atoms with Crippen LogP contribution < -0.4 is 10.2 Å². The summed E-state index contributed by atoms with van der Waals surface area (Å²) in [6.45, 7) is 0.775. The number of benzene rings is 2. The highest BCUT2D eigenvalue weighted by Crippen LogP contribution is 2.30. The fourth-order valence-corrected chi connectivity index (χ4v) is 4.08. The van der Waals surface area contributed by atoms with E-state index in [0.29, 0.717) is 53.7 Å². The van der Waals surface area contributed by atoms with Crippen molar-refractivity contribution in [3.05, 3.63) is 70.1 Å². The molecule has 1 N–H and O–H groups in total. The number of fused-ring (bicyclic) bond motifs is 2. The van der Waals surface area contributed by atoms with Crippen molar-refractivity contribution in [2.24, 2.45) is 5.92 Å². The lowest BCUT2D eigenvalue weighted by molar-refractivity contribution is -0.151. The normalized spacial score (nSPS) is 18.0. The van der Waals surface area contributed by atoms with Crippen molar-refractivity contribution in [2.45, 2.75) is 18.9 Å². The second-order valence-electron chi connectivity index (χ2n) is 7.87. The fraction of sp³-hybridized carbons (Fsp3) is 0.250. The molecule has 4 aromatic rings. The topological polar surface area (TPSA) is 90.9 Å². The number of carbonyl (C=O) groups is 1. The van der Waals surface area contributed by atoms with E-state index in [9.17, 15) is 9.59 Å². The van der Waals surface area contributed by atoms with Gasteiger partial charge in [-0.1, -0.05) is 17.7 Å². The van der Waals surface area contributed by atoms with Crippen molar-refractivity contribution in [2.75, 3.05) is 13.2 Å². The Morgan fingerprint density at radius 3 is 2.75 bits per heavy atom. The molecule has 0 atom stereocenters. The third-order valence-electron chi connectivity index (χ3n) is 5.71. The Labute approximate surface area is 187 Å². The molecule has 0 amide bonds. The van der Waals surface area contributed by atoms with Gasteiger partial charge in [0, 0.05) is 29.2 Å². The van der Waals surface area contributed by atoms with Gasteiger partial charge in [-0.05, 0) is 43.2 Å². The van der Waals surface area contributed by atoms with Crippen LogP contribution >= 0.6 is 11.6 Å². The Morgan fingerprint density at radius 2 is 1.94 bits per heavy atom. The average molecular weight is 454 g/mol. The molecule has 0 radical (unpaired) electrons. The Kier molecular flexibility index (Phi) is 5.36. The van der Waals surface area contributed by atoms with E-state index in [2.05, 4.69) is 0 Å². The molecule has 1 aliphatic carbocycles. The Balaban J connectivity index is 1.27. The number of ether oxygens (including phenoxy) is 2. The van der Waals surface area contributed by atoms with Crippen LogP contribution in [0.3, 0.4) is 0 Å². The standard InChI is InChI=1S/C24H20ClNO6/c25-20-3-1-2-19-21(27)11-22(32-23(19)20)26-12-14-4-5-17(10-16(14)13-26)30-6-7-31-18-8-15(9-18)24(28)29/h1-5,10-13,15,18H,6-9H2,(H,28,29). The van der Waals surface area contributed by atoms with Gasteiger partial charge in [-0.15, -0.1) is 0 Å². The van der Waals surface area contributed by atoms with Gasteiger partial charge in [0.15, 0.2) is 11.0 Å². The van der Waals surface area contributed by atoms with Gasteiger partial charge in [-0.3, -0.25) is 14.2 Å². The maximum atomic E-state index is 12.5. The van der Waals surface area contributed by atoms with Gasteiger partial charge in [0.2, 0.25) is 5.88 Å². The van der Waals surface area contributed by atoms with E-state index in [1.807, 2.05) is 30.6 Å². The molecule has 2 aromatic heterocycles. The van der Waals surface area contributed by atoms with Gasteiger partial charge in [0.1, 0.15) is 12.4 Å². The first kappa shape index (κ1) is 20.6. The number of hydrogen-bond donors (Lipinski definition) is 1. The zero-order valence-corrected chi connectivity index (χ0v) is 17.7. The largest absolute Gasteiger partial charge is 0.491 e. The number of carboxylic acid groups (broad SMARTS) is 1. The molecule has 7 nitrogen and oxygen atoms in total. The summed E-state index contributed by atoms with van der Waals surface area (Å²) in [6, 6.07) is 12.2. The molecule has 164 valence electrons. The number of nitrogens with zero attached hydrogens (tertiary/aromatic N) is 1. The molecule has 0 aliphatic heterocycles. The molecule has 0 saturated heterocycles. The summed E-state index contributed by atoms with van der Waals surface area (Å²) in [7, 11) is 0. The summed E-state index contributed by atoms with van der Waals surface area (Å²) in [6.07, 6.45) is 4.86. The van der Waals surface area contributed by atoms with Crippen LogP contribution in [0.5, 0.6) is 5.75 Å². The lowest BCUT2D eigenvalue weighted by Gasteiger charge is -2.31. The van der Waals surface area contributed by atoms with Gasteiger partial charge in [-0.2, -0.15) is 0 Å². The number of aliphatic carboxylic acids is 1. The zero-order valence-electron chi connectivity index (χ0n) is 17.0. The lowest BCUT2D eigenvalue weighted by Crippen LogP contribution is -2.36. The van der Waals surface area contributed by atoms with Crippen LogP contribution in [0.15, 0.2) is 64.1 Å². The van der Waals surface area contributed by atoms with E-state index in [1.54, 1.807) is 22.8 Å². The minimum absolute atomic E-state index is 0.00123. The summed E-state index contributed by atoms with van der Waals surface area (Å²) in [5.41, 5.74) is 0.200. The van der Waals surface area contributed by atoms with Gasteiger partial charge < -0.3 is 19.0 Å². The van der Waals surface area contributed by atoms with Crippen LogP contribution in [0.4, 0.5) is 0 Å². The average Bonchev–Trinajstić information content (AvgIpc) is 3.16. The van der Waals surface area contributed by atoms with E-state index in [-0.39, 0.29) is 17.5 Å². The van der Waals surface area contributed by atoms with Crippen molar-refractivity contribution >= 4 is 39.3 Å². The molecular weight excluding hydrogens is 434 g/mol. The maximum absolute atomic E-state index is 12.5. The quantitative estimate of drug-likeness (QED) is 0.409. The van der Waals surface area contributed by atoms with E-state index in [0.717, 1.165) is 10.8 Å². The summed E-state index contributed by atoms with van der Waals surface area (Å²) in [5, 5.41) is 11.6. The van der Waals surface area contributed by atoms with E-state index < -0.39 is 5.97 Å². The molecule has 1 aliphatic rings. The Bertz CT molecular complexity index is 1370. The fourth-order valence-electron chi connectivity index (χ4n) is 3.87. The van der Waals surface area contributed by atoms with Crippen LogP contribution in [0.2, 0.25) is 5.02 Å². The monoisotopic (exact) mass is 453 g/mol. The van der Waals surface area contributed by atoms with Crippen molar-refractivity contribution < 1.29 is 23.8 Å². The SMILES string of the molecule is O=C(O)C1CC(OCCOc2ccc3cn(-c4cc(=O)c5cccc(Cl)c5o4)cc3c2)C1. The van der Waals surface area contributed by atoms with Crippen molar-refractivity contribution in [3.8, 4) is 11.6 Å². The highest BCUT2D eigenvalue weighted by molar-refractivity contribution is 6.34. The number of rotatable bonds is 7. The van der Waals surface area contributed by atoms with Crippen molar-refractivity contribution in [1.29, 1.82) is 0 Å². The first-order valence-electron chi connectivity index (χ1n) is 10.3. The number of aromatic nitrogens is 1. The second kappa shape index (κ2) is 8.33. The molecule has 0 unspecified atom stereocenters. The van der Waals surface area contributed by atoms with Crippen LogP contribution in [0.1, 0.15) is 12.8 Å². The van der Waals surface area contributed by atoms with E-state index in [4.69, 9.17) is 30.6 Å². The molecule has 8 heteroatoms. The van der Waals surface area contributed by atoms with E-state index >= 15 is 0 Å². The van der Waals surface area contributed by atoms with Gasteiger partial charge in [0.25, 0.3) is 0 Å². The minimum atomic E-state index is -0.757. The molecule has 32 heavy (non-hydrogen) atoms. The third-order valence-corrected chi connectivity index (χ3v) is 6.01. The van der Waals surface area contributed by atoms with Crippen molar-refractivity contribution in [3.63, 3.8) is 0 Å². The van der Waals surface area contributed by atoms with Crippen molar-refractivity contribution in [1.82, 2.24) is 4.57 Å². The molecule has 1 saturated carbocycles. The molecule has 0 spiro atoms. The van der Waals surface area contributed by atoms with Crippen LogP contribution in [0.25, 0.3) is 27.6 Å². The number of hydrogen-bond acceptors (Lipinski definition) is 5. The highest BCUT2D eigenvalue weighted by Gasteiger charge is 2.34. The van der Waals surface area contributed by atoms with Gasteiger partial charge in [0.05, 0.1) is 29.0 Å². The lowest BCUT2D eigenvalue weighted by atomic mass is 9.82. The summed E-state index contributed by atoms with van der Waals surface area (Å²) in [4.78, 5) is 23.3. The minimum Gasteiger partial charge on any atom is -0.491 e. The van der Waals surface area contributed by atoms with Crippen LogP contribution in [-0.4, -0.2) is 35.0 Å². The van der Waals surface area contributed by atoms with E-state index in [1.165, 1.54) is 6.07 Å². The van der Waals surface area contributed by atoms with Gasteiger partial charge >= 0.3 is 5.97 Å². The second-order valence-corrected chi connectivity index (χ2v) is 8.28. The summed E-state index contributed by atoms with van der Waals surface area (Å²) in [5.74, 6) is 0.0320. The summed E-state index contributed by atoms with van der Waals surface area (Å²) < 4.78 is 19.1.